The van der Waals surface area contributed by atoms with E-state index in [4.69, 9.17) is 5.73 Å². The molecule has 4 nitrogen and oxygen atoms in total. The van der Waals surface area contributed by atoms with Crippen molar-refractivity contribution in [1.29, 1.82) is 0 Å². The second-order valence-electron chi connectivity index (χ2n) is 3.61. The van der Waals surface area contributed by atoms with E-state index < -0.39 is 0 Å². The first-order valence-corrected chi connectivity index (χ1v) is 5.07. The fourth-order valence-corrected chi connectivity index (χ4v) is 1.63. The van der Waals surface area contributed by atoms with Crippen molar-refractivity contribution in [3.05, 3.63) is 48.3 Å². The van der Waals surface area contributed by atoms with E-state index in [0.29, 0.717) is 13.1 Å². The van der Waals surface area contributed by atoms with Gasteiger partial charge in [0.2, 0.25) is 0 Å². The first-order chi connectivity index (χ1) is 7.79. The van der Waals surface area contributed by atoms with Gasteiger partial charge in [-0.15, -0.1) is 0 Å². The van der Waals surface area contributed by atoms with E-state index in [2.05, 4.69) is 10.1 Å². The van der Waals surface area contributed by atoms with Crippen molar-refractivity contribution in [2.24, 2.45) is 5.73 Å². The van der Waals surface area contributed by atoms with Gasteiger partial charge in [0.1, 0.15) is 18.5 Å². The summed E-state index contributed by atoms with van der Waals surface area (Å²) < 4.78 is 14.8. The van der Waals surface area contributed by atoms with Gasteiger partial charge in [-0.25, -0.2) is 9.37 Å². The SMILES string of the molecule is NCC(Cn1cncn1)c1cccc(F)c1. The van der Waals surface area contributed by atoms with Gasteiger partial charge < -0.3 is 5.73 Å². The van der Waals surface area contributed by atoms with Gasteiger partial charge in [0.25, 0.3) is 0 Å². The minimum absolute atomic E-state index is 0.0531. The van der Waals surface area contributed by atoms with Gasteiger partial charge in [-0.05, 0) is 17.7 Å². The van der Waals surface area contributed by atoms with Gasteiger partial charge in [0.15, 0.2) is 0 Å². The summed E-state index contributed by atoms with van der Waals surface area (Å²) >= 11 is 0. The van der Waals surface area contributed by atoms with Crippen molar-refractivity contribution in [3.8, 4) is 0 Å². The zero-order valence-corrected chi connectivity index (χ0v) is 8.75. The number of benzene rings is 1. The maximum Gasteiger partial charge on any atom is 0.137 e. The van der Waals surface area contributed by atoms with Crippen molar-refractivity contribution in [2.75, 3.05) is 6.54 Å². The van der Waals surface area contributed by atoms with Crippen LogP contribution in [0.5, 0.6) is 0 Å². The maximum absolute atomic E-state index is 13.1. The molecule has 0 radical (unpaired) electrons. The lowest BCUT2D eigenvalue weighted by atomic mass is 9.99. The van der Waals surface area contributed by atoms with Crippen molar-refractivity contribution in [2.45, 2.75) is 12.5 Å². The second kappa shape index (κ2) is 4.85. The molecule has 5 heteroatoms. The van der Waals surface area contributed by atoms with E-state index in [0.717, 1.165) is 5.56 Å². The Labute approximate surface area is 92.9 Å². The number of nitrogens with zero attached hydrogens (tertiary/aromatic N) is 3. The fourth-order valence-electron chi connectivity index (χ4n) is 1.63. The smallest absolute Gasteiger partial charge is 0.137 e. The van der Waals surface area contributed by atoms with Gasteiger partial charge in [-0.1, -0.05) is 12.1 Å². The standard InChI is InChI=1S/C11H13FN4/c12-11-3-1-2-9(4-11)10(5-13)6-16-8-14-7-15-16/h1-4,7-8,10H,5-6,13H2. The molecule has 0 amide bonds. The highest BCUT2D eigenvalue weighted by molar-refractivity contribution is 5.20. The molecule has 0 aliphatic rings. The molecular weight excluding hydrogens is 207 g/mol. The molecule has 16 heavy (non-hydrogen) atoms. The molecule has 1 aromatic heterocycles. The molecule has 1 unspecified atom stereocenters. The van der Waals surface area contributed by atoms with E-state index in [-0.39, 0.29) is 11.7 Å². The summed E-state index contributed by atoms with van der Waals surface area (Å²) in [6, 6.07) is 6.49. The van der Waals surface area contributed by atoms with Crippen molar-refractivity contribution < 1.29 is 4.39 Å². The molecule has 0 fully saturated rings. The highest BCUT2D eigenvalue weighted by atomic mass is 19.1. The predicted octanol–water partition coefficient (Wildman–Crippen LogP) is 1.16. The molecule has 2 rings (SSSR count). The highest BCUT2D eigenvalue weighted by Crippen LogP contribution is 2.17. The Balaban J connectivity index is 2.16. The monoisotopic (exact) mass is 220 g/mol. The zero-order valence-electron chi connectivity index (χ0n) is 8.75. The number of nitrogens with two attached hydrogens (primary N) is 1. The number of halogens is 1. The Morgan fingerprint density at radius 3 is 2.94 bits per heavy atom. The van der Waals surface area contributed by atoms with Crippen LogP contribution in [0.2, 0.25) is 0 Å². The van der Waals surface area contributed by atoms with Crippen LogP contribution in [0.4, 0.5) is 4.39 Å². The van der Waals surface area contributed by atoms with Gasteiger partial charge in [-0.3, -0.25) is 4.68 Å². The quantitative estimate of drug-likeness (QED) is 0.841. The lowest BCUT2D eigenvalue weighted by molar-refractivity contribution is 0.516. The number of hydrogen-bond donors (Lipinski definition) is 1. The lowest BCUT2D eigenvalue weighted by Gasteiger charge is -2.14. The summed E-state index contributed by atoms with van der Waals surface area (Å²) in [5.74, 6) is -0.188. The Morgan fingerprint density at radius 2 is 2.31 bits per heavy atom. The summed E-state index contributed by atoms with van der Waals surface area (Å²) in [5.41, 5.74) is 6.57. The van der Waals surface area contributed by atoms with E-state index in [1.165, 1.54) is 18.5 Å². The van der Waals surface area contributed by atoms with Crippen LogP contribution in [0.25, 0.3) is 0 Å². The first kappa shape index (κ1) is 10.8. The molecule has 0 aliphatic heterocycles. The third kappa shape index (κ3) is 2.43. The van der Waals surface area contributed by atoms with E-state index in [1.54, 1.807) is 17.1 Å². The summed E-state index contributed by atoms with van der Waals surface area (Å²) in [6.07, 6.45) is 3.10. The van der Waals surface area contributed by atoms with E-state index in [1.807, 2.05) is 6.07 Å². The third-order valence-electron chi connectivity index (χ3n) is 2.48. The minimum Gasteiger partial charge on any atom is -0.330 e. The number of rotatable bonds is 4. The van der Waals surface area contributed by atoms with Crippen LogP contribution in [-0.2, 0) is 6.54 Å². The Hall–Kier alpha value is -1.75. The number of aromatic nitrogens is 3. The van der Waals surface area contributed by atoms with Crippen LogP contribution in [-0.4, -0.2) is 21.3 Å². The highest BCUT2D eigenvalue weighted by Gasteiger charge is 2.11. The number of hydrogen-bond acceptors (Lipinski definition) is 3. The molecule has 0 spiro atoms. The van der Waals surface area contributed by atoms with E-state index >= 15 is 0 Å². The molecule has 2 N–H and O–H groups in total. The van der Waals surface area contributed by atoms with Crippen LogP contribution in [0.1, 0.15) is 11.5 Å². The van der Waals surface area contributed by atoms with Crippen LogP contribution in [0, 0.1) is 5.82 Å². The molecule has 0 saturated heterocycles. The zero-order chi connectivity index (χ0) is 11.4. The van der Waals surface area contributed by atoms with Gasteiger partial charge >= 0.3 is 0 Å². The van der Waals surface area contributed by atoms with Gasteiger partial charge in [-0.2, -0.15) is 5.10 Å². The topological polar surface area (TPSA) is 56.7 Å². The summed E-state index contributed by atoms with van der Waals surface area (Å²) in [6.45, 7) is 1.06. The average molecular weight is 220 g/mol. The van der Waals surface area contributed by atoms with Crippen molar-refractivity contribution >= 4 is 0 Å². The normalized spacial score (nSPS) is 12.6. The fraction of sp³-hybridized carbons (Fsp3) is 0.273. The minimum atomic E-state index is -0.241. The summed E-state index contributed by atoms with van der Waals surface area (Å²) in [4.78, 5) is 3.86. The van der Waals surface area contributed by atoms with Crippen LogP contribution in [0.3, 0.4) is 0 Å². The predicted molar refractivity (Wildman–Crippen MR) is 58.2 cm³/mol. The van der Waals surface area contributed by atoms with Gasteiger partial charge in [0, 0.05) is 12.5 Å². The first-order valence-electron chi connectivity index (χ1n) is 5.07. The lowest BCUT2D eigenvalue weighted by Crippen LogP contribution is -2.18. The molecule has 84 valence electrons. The van der Waals surface area contributed by atoms with E-state index in [9.17, 15) is 4.39 Å². The van der Waals surface area contributed by atoms with Crippen LogP contribution >= 0.6 is 0 Å². The van der Waals surface area contributed by atoms with Crippen molar-refractivity contribution in [3.63, 3.8) is 0 Å². The van der Waals surface area contributed by atoms with Crippen LogP contribution in [0.15, 0.2) is 36.9 Å². The average Bonchev–Trinajstić information content (AvgIpc) is 2.78. The maximum atomic E-state index is 13.1. The largest absolute Gasteiger partial charge is 0.330 e. The molecule has 0 aliphatic carbocycles. The molecule has 1 aromatic carbocycles. The van der Waals surface area contributed by atoms with Gasteiger partial charge in [0.05, 0.1) is 6.54 Å². The summed E-state index contributed by atoms with van der Waals surface area (Å²) in [7, 11) is 0. The van der Waals surface area contributed by atoms with Crippen molar-refractivity contribution in [1.82, 2.24) is 14.8 Å². The molecule has 0 bridgehead atoms. The summed E-state index contributed by atoms with van der Waals surface area (Å²) in [5, 5.41) is 4.01. The molecule has 0 saturated carbocycles. The molecule has 2 aromatic rings. The molecule has 1 atom stereocenters. The van der Waals surface area contributed by atoms with Crippen LogP contribution < -0.4 is 5.73 Å². The Kier molecular flexibility index (Phi) is 3.26. The molecular formula is C11H13FN4. The second-order valence-corrected chi connectivity index (χ2v) is 3.61. The third-order valence-corrected chi connectivity index (χ3v) is 2.48. The molecule has 1 heterocycles. The Morgan fingerprint density at radius 1 is 1.44 bits per heavy atom. The Bertz CT molecular complexity index is 441.